The lowest BCUT2D eigenvalue weighted by molar-refractivity contribution is -0.137. The van der Waals surface area contributed by atoms with Crippen LogP contribution in [0, 0.1) is 0 Å². The molecule has 178 valence electrons. The number of ether oxygens (including phenoxy) is 1. The van der Waals surface area contributed by atoms with E-state index in [0.29, 0.717) is 22.3 Å². The number of pyridine rings is 1. The lowest BCUT2D eigenvalue weighted by Crippen LogP contribution is -2.12. The van der Waals surface area contributed by atoms with Gasteiger partial charge in [0.2, 0.25) is 5.88 Å². The Labute approximate surface area is 201 Å². The highest BCUT2D eigenvalue weighted by atomic mass is 32.2. The van der Waals surface area contributed by atoms with Gasteiger partial charge in [-0.3, -0.25) is 4.79 Å². The molecule has 0 fully saturated rings. The minimum atomic E-state index is -4.45. The topological polar surface area (TPSA) is 51.2 Å². The highest BCUT2D eigenvalue weighted by Gasteiger charge is 2.30. The van der Waals surface area contributed by atoms with Crippen LogP contribution < -0.4 is 10.1 Å². The lowest BCUT2D eigenvalue weighted by atomic mass is 9.86. The molecule has 4 nitrogen and oxygen atoms in total. The van der Waals surface area contributed by atoms with E-state index in [1.54, 1.807) is 24.6 Å². The predicted octanol–water partition coefficient (Wildman–Crippen LogP) is 7.69. The number of aromatic nitrogens is 1. The molecule has 0 bridgehead atoms. The quantitative estimate of drug-likeness (QED) is 0.274. The summed E-state index contributed by atoms with van der Waals surface area (Å²) < 4.78 is 44.5. The number of carbonyl (C=O) groups is 1. The van der Waals surface area contributed by atoms with Crippen molar-refractivity contribution in [1.29, 1.82) is 0 Å². The Morgan fingerprint density at radius 1 is 1.00 bits per heavy atom. The predicted molar refractivity (Wildman–Crippen MR) is 130 cm³/mol. The number of hydrogen-bond donors (Lipinski definition) is 1. The van der Waals surface area contributed by atoms with Gasteiger partial charge in [-0.05, 0) is 42.0 Å². The number of nitrogens with zero attached hydrogens (tertiary/aromatic N) is 1. The molecule has 8 heteroatoms. The molecule has 3 aromatic rings. The number of anilines is 1. The molecule has 2 aromatic carbocycles. The van der Waals surface area contributed by atoms with Gasteiger partial charge in [0.05, 0.1) is 10.6 Å². The van der Waals surface area contributed by atoms with E-state index in [1.165, 1.54) is 30.0 Å². The SMILES string of the molecule is CS/C(=C\C(=O)c1ccc(C(F)(F)F)cc1)Nc1cccnc1Oc1ccccc1C(C)(C)C. The maximum Gasteiger partial charge on any atom is 0.416 e. The summed E-state index contributed by atoms with van der Waals surface area (Å²) in [6.45, 7) is 6.27. The Hall–Kier alpha value is -3.26. The number of halogens is 3. The van der Waals surface area contributed by atoms with E-state index in [0.717, 1.165) is 17.7 Å². The van der Waals surface area contributed by atoms with E-state index in [9.17, 15) is 18.0 Å². The van der Waals surface area contributed by atoms with Crippen molar-refractivity contribution in [1.82, 2.24) is 4.98 Å². The minimum absolute atomic E-state index is 0.141. The smallest absolute Gasteiger partial charge is 0.416 e. The number of benzene rings is 2. The van der Waals surface area contributed by atoms with Crippen LogP contribution in [0.3, 0.4) is 0 Å². The van der Waals surface area contributed by atoms with Gasteiger partial charge in [-0.25, -0.2) is 4.98 Å². The standard InChI is InChI=1S/C26H25F3N2O2S/c1-25(2,3)19-8-5-6-10-22(19)33-24-20(9-7-15-30-24)31-23(34-4)16-21(32)17-11-13-18(14-12-17)26(27,28)29/h5-16,31H,1-4H3/b23-16-. The summed E-state index contributed by atoms with van der Waals surface area (Å²) in [4.78, 5) is 17.0. The monoisotopic (exact) mass is 486 g/mol. The summed E-state index contributed by atoms with van der Waals surface area (Å²) in [6.07, 6.45) is 0.277. The van der Waals surface area contributed by atoms with Crippen molar-refractivity contribution in [3.8, 4) is 11.6 Å². The number of para-hydroxylation sites is 1. The van der Waals surface area contributed by atoms with Gasteiger partial charge in [0.1, 0.15) is 11.4 Å². The molecule has 1 N–H and O–H groups in total. The molecule has 1 aromatic heterocycles. The number of nitrogens with one attached hydrogen (secondary N) is 1. The second-order valence-electron chi connectivity index (χ2n) is 8.48. The first-order valence-corrected chi connectivity index (χ1v) is 11.7. The Morgan fingerprint density at radius 3 is 2.29 bits per heavy atom. The molecule has 0 saturated carbocycles. The van der Waals surface area contributed by atoms with Gasteiger partial charge in [0, 0.05) is 23.4 Å². The molecule has 0 atom stereocenters. The number of ketones is 1. The fourth-order valence-corrected chi connectivity index (χ4v) is 3.59. The van der Waals surface area contributed by atoms with E-state index < -0.39 is 17.5 Å². The zero-order valence-electron chi connectivity index (χ0n) is 19.2. The molecular weight excluding hydrogens is 461 g/mol. The average molecular weight is 487 g/mol. The number of rotatable bonds is 7. The maximum absolute atomic E-state index is 12.8. The zero-order chi connectivity index (χ0) is 24.9. The number of allylic oxidation sites excluding steroid dienone is 1. The minimum Gasteiger partial charge on any atom is -0.437 e. The van der Waals surface area contributed by atoms with Gasteiger partial charge in [0.15, 0.2) is 5.78 Å². The van der Waals surface area contributed by atoms with Crippen LogP contribution >= 0.6 is 11.8 Å². The van der Waals surface area contributed by atoms with Crippen molar-refractivity contribution in [3.63, 3.8) is 0 Å². The highest BCUT2D eigenvalue weighted by molar-refractivity contribution is 8.02. The molecule has 0 radical (unpaired) electrons. The third-order valence-corrected chi connectivity index (χ3v) is 5.57. The summed E-state index contributed by atoms with van der Waals surface area (Å²) in [5, 5.41) is 3.64. The van der Waals surface area contributed by atoms with E-state index in [1.807, 2.05) is 24.3 Å². The number of alkyl halides is 3. The van der Waals surface area contributed by atoms with Crippen LogP contribution in [0.1, 0.15) is 42.3 Å². The number of hydrogen-bond acceptors (Lipinski definition) is 5. The Kier molecular flexibility index (Phi) is 7.71. The molecule has 0 amide bonds. The number of carbonyl (C=O) groups excluding carboxylic acids is 1. The van der Waals surface area contributed by atoms with Gasteiger partial charge >= 0.3 is 6.18 Å². The first kappa shape index (κ1) is 25.4. The van der Waals surface area contributed by atoms with E-state index in [4.69, 9.17) is 4.74 Å². The van der Waals surface area contributed by atoms with Crippen LogP contribution in [0.15, 0.2) is 78.0 Å². The second kappa shape index (κ2) is 10.3. The molecule has 0 spiro atoms. The molecule has 0 aliphatic rings. The largest absolute Gasteiger partial charge is 0.437 e. The van der Waals surface area contributed by atoms with Crippen LogP contribution in [0.2, 0.25) is 0 Å². The van der Waals surface area contributed by atoms with E-state index in [2.05, 4.69) is 31.1 Å². The van der Waals surface area contributed by atoms with Crippen molar-refractivity contribution >= 4 is 23.2 Å². The zero-order valence-corrected chi connectivity index (χ0v) is 20.1. The summed E-state index contributed by atoms with van der Waals surface area (Å²) in [5.74, 6) is 0.586. The van der Waals surface area contributed by atoms with Gasteiger partial charge in [-0.2, -0.15) is 13.2 Å². The molecule has 1 heterocycles. The number of thioether (sulfide) groups is 1. The summed E-state index contributed by atoms with van der Waals surface area (Å²) in [7, 11) is 0. The summed E-state index contributed by atoms with van der Waals surface area (Å²) in [5.41, 5.74) is 0.779. The molecule has 0 saturated heterocycles. The third-order valence-electron chi connectivity index (χ3n) is 4.91. The first-order valence-electron chi connectivity index (χ1n) is 10.5. The molecular formula is C26H25F3N2O2S. The Bertz CT molecular complexity index is 1180. The molecule has 0 unspecified atom stereocenters. The third kappa shape index (κ3) is 6.41. The fraction of sp³-hybridized carbons (Fsp3) is 0.231. The van der Waals surface area contributed by atoms with Gasteiger partial charge < -0.3 is 10.1 Å². The fourth-order valence-electron chi connectivity index (χ4n) is 3.15. The van der Waals surface area contributed by atoms with Crippen molar-refractivity contribution < 1.29 is 22.7 Å². The van der Waals surface area contributed by atoms with Crippen molar-refractivity contribution in [3.05, 3.63) is 94.7 Å². The summed E-state index contributed by atoms with van der Waals surface area (Å²) >= 11 is 1.28. The normalized spacial score (nSPS) is 12.4. The molecule has 0 aliphatic heterocycles. The van der Waals surface area contributed by atoms with Crippen molar-refractivity contribution in [2.24, 2.45) is 0 Å². The second-order valence-corrected chi connectivity index (χ2v) is 9.33. The highest BCUT2D eigenvalue weighted by Crippen LogP contribution is 2.36. The van der Waals surface area contributed by atoms with Crippen LogP contribution in [0.4, 0.5) is 18.9 Å². The van der Waals surface area contributed by atoms with Crippen LogP contribution in [-0.4, -0.2) is 17.0 Å². The van der Waals surface area contributed by atoms with Crippen LogP contribution in [0.5, 0.6) is 11.6 Å². The van der Waals surface area contributed by atoms with Gasteiger partial charge in [0.25, 0.3) is 0 Å². The van der Waals surface area contributed by atoms with Crippen LogP contribution in [0.25, 0.3) is 0 Å². The molecule has 3 rings (SSSR count). The Morgan fingerprint density at radius 2 is 1.68 bits per heavy atom. The molecule has 34 heavy (non-hydrogen) atoms. The first-order chi connectivity index (χ1) is 16.0. The molecule has 0 aliphatic carbocycles. The van der Waals surface area contributed by atoms with Crippen molar-refractivity contribution in [2.75, 3.05) is 11.6 Å². The van der Waals surface area contributed by atoms with E-state index in [-0.39, 0.29) is 11.0 Å². The van der Waals surface area contributed by atoms with Gasteiger partial charge in [-0.15, -0.1) is 11.8 Å². The van der Waals surface area contributed by atoms with Crippen molar-refractivity contribution in [2.45, 2.75) is 32.4 Å². The van der Waals surface area contributed by atoms with Crippen LogP contribution in [-0.2, 0) is 11.6 Å². The maximum atomic E-state index is 12.8. The summed E-state index contributed by atoms with van der Waals surface area (Å²) in [6, 6.07) is 15.3. The Balaban J connectivity index is 1.84. The lowest BCUT2D eigenvalue weighted by Gasteiger charge is -2.23. The average Bonchev–Trinajstić information content (AvgIpc) is 2.79. The van der Waals surface area contributed by atoms with Gasteiger partial charge in [-0.1, -0.05) is 51.1 Å². The van der Waals surface area contributed by atoms with E-state index >= 15 is 0 Å².